The van der Waals surface area contributed by atoms with Crippen LogP contribution in [-0.2, 0) is 4.74 Å². The number of pyridine rings is 1. The van der Waals surface area contributed by atoms with Crippen molar-refractivity contribution in [2.24, 2.45) is 0 Å². The fourth-order valence-electron chi connectivity index (χ4n) is 2.58. The number of ether oxygens (including phenoxy) is 2. The monoisotopic (exact) mass is 369 g/mol. The largest absolute Gasteiger partial charge is 0.474 e. The highest BCUT2D eigenvalue weighted by Gasteiger charge is 2.27. The van der Waals surface area contributed by atoms with E-state index in [9.17, 15) is 4.79 Å². The number of aromatic nitrogens is 1. The number of halogens is 1. The summed E-state index contributed by atoms with van der Waals surface area (Å²) in [7, 11) is 0. The van der Waals surface area contributed by atoms with Crippen molar-refractivity contribution in [1.82, 2.24) is 15.2 Å². The normalized spacial score (nSPS) is 18.8. The number of nitrogens with one attached hydrogen (secondary N) is 1. The molecule has 1 aliphatic heterocycles. The summed E-state index contributed by atoms with van der Waals surface area (Å²) < 4.78 is 11.1. The molecule has 0 aliphatic carbocycles. The minimum Gasteiger partial charge on any atom is -0.474 e. The number of carbonyl (C=O) groups excluding carboxylic acids is 1. The third-order valence-electron chi connectivity index (χ3n) is 3.63. The van der Waals surface area contributed by atoms with Crippen LogP contribution in [0.1, 0.15) is 52.6 Å². The number of nitrogens with zero attached hydrogens (tertiary/aromatic N) is 2. The maximum Gasteiger partial charge on any atom is 0.410 e. The van der Waals surface area contributed by atoms with Crippen LogP contribution in [-0.4, -0.2) is 47.3 Å². The van der Waals surface area contributed by atoms with E-state index in [1.807, 2.05) is 40.7 Å². The Labute approximate surface area is 154 Å². The summed E-state index contributed by atoms with van der Waals surface area (Å²) in [5.74, 6) is 0.429. The van der Waals surface area contributed by atoms with Crippen LogP contribution >= 0.6 is 11.6 Å². The van der Waals surface area contributed by atoms with E-state index in [4.69, 9.17) is 21.1 Å². The lowest BCUT2D eigenvalue weighted by Crippen LogP contribution is -2.39. The van der Waals surface area contributed by atoms with Gasteiger partial charge in [0.15, 0.2) is 0 Å². The average Bonchev–Trinajstić information content (AvgIpc) is 2.73. The lowest BCUT2D eigenvalue weighted by molar-refractivity contribution is 0.0247. The van der Waals surface area contributed by atoms with Crippen molar-refractivity contribution >= 4 is 17.7 Å². The first kappa shape index (κ1) is 19.8. The van der Waals surface area contributed by atoms with Crippen molar-refractivity contribution in [2.45, 2.75) is 58.8 Å². The second-order valence-electron chi connectivity index (χ2n) is 7.51. The van der Waals surface area contributed by atoms with E-state index < -0.39 is 5.60 Å². The zero-order chi connectivity index (χ0) is 18.6. The molecule has 6 nitrogen and oxygen atoms in total. The standard InChI is InChI=1S/C18H28ClN3O3/c1-12(2)24-16-14(19)9-13(10-21-16)15-11-22(8-6-7-20-15)17(23)25-18(3,4)5/h9-10,12,15,20H,6-8,11H2,1-5H3. The Bertz CT molecular complexity index is 602. The molecule has 1 unspecified atom stereocenters. The van der Waals surface area contributed by atoms with Crippen molar-refractivity contribution in [1.29, 1.82) is 0 Å². The van der Waals surface area contributed by atoms with Gasteiger partial charge in [-0.05, 0) is 59.2 Å². The van der Waals surface area contributed by atoms with Gasteiger partial charge in [-0.15, -0.1) is 0 Å². The number of rotatable bonds is 3. The lowest BCUT2D eigenvalue weighted by Gasteiger charge is -2.28. The predicted molar refractivity (Wildman–Crippen MR) is 98.2 cm³/mol. The molecule has 25 heavy (non-hydrogen) atoms. The van der Waals surface area contributed by atoms with Crippen LogP contribution in [0.5, 0.6) is 5.88 Å². The van der Waals surface area contributed by atoms with E-state index in [-0.39, 0.29) is 18.2 Å². The molecule has 0 radical (unpaired) electrons. The highest BCUT2D eigenvalue weighted by atomic mass is 35.5. The van der Waals surface area contributed by atoms with Crippen molar-refractivity contribution < 1.29 is 14.3 Å². The van der Waals surface area contributed by atoms with Gasteiger partial charge >= 0.3 is 6.09 Å². The Hall–Kier alpha value is -1.53. The second kappa shape index (κ2) is 8.23. The van der Waals surface area contributed by atoms with Gasteiger partial charge in [-0.2, -0.15) is 0 Å². The molecule has 1 amide bonds. The first-order valence-electron chi connectivity index (χ1n) is 8.69. The minimum atomic E-state index is -0.507. The quantitative estimate of drug-likeness (QED) is 0.878. The molecule has 1 aromatic rings. The van der Waals surface area contributed by atoms with E-state index in [0.717, 1.165) is 18.5 Å². The van der Waals surface area contributed by atoms with Crippen LogP contribution in [0.15, 0.2) is 12.3 Å². The fourth-order valence-corrected chi connectivity index (χ4v) is 2.80. The van der Waals surface area contributed by atoms with Gasteiger partial charge in [-0.3, -0.25) is 0 Å². The number of hydrogen-bond donors (Lipinski definition) is 1. The third-order valence-corrected chi connectivity index (χ3v) is 3.90. The van der Waals surface area contributed by atoms with Gasteiger partial charge in [0.2, 0.25) is 5.88 Å². The van der Waals surface area contributed by atoms with E-state index in [1.165, 1.54) is 0 Å². The molecule has 1 N–H and O–H groups in total. The van der Waals surface area contributed by atoms with Gasteiger partial charge in [0.1, 0.15) is 10.6 Å². The Morgan fingerprint density at radius 3 is 2.76 bits per heavy atom. The summed E-state index contributed by atoms with van der Waals surface area (Å²) in [6, 6.07) is 1.80. The Balaban J connectivity index is 2.12. The van der Waals surface area contributed by atoms with Crippen LogP contribution in [0, 0.1) is 0 Å². The van der Waals surface area contributed by atoms with Gasteiger partial charge in [-0.25, -0.2) is 9.78 Å². The molecule has 2 rings (SSSR count). The Kier molecular flexibility index (Phi) is 6.52. The van der Waals surface area contributed by atoms with Crippen LogP contribution in [0.25, 0.3) is 0 Å². The smallest absolute Gasteiger partial charge is 0.410 e. The summed E-state index contributed by atoms with van der Waals surface area (Å²) in [6.07, 6.45) is 2.33. The van der Waals surface area contributed by atoms with E-state index in [1.54, 1.807) is 11.1 Å². The topological polar surface area (TPSA) is 63.7 Å². The van der Waals surface area contributed by atoms with Crippen molar-refractivity contribution in [3.63, 3.8) is 0 Å². The maximum atomic E-state index is 12.4. The number of carbonyl (C=O) groups is 1. The van der Waals surface area contributed by atoms with Gasteiger partial charge in [-0.1, -0.05) is 11.6 Å². The number of amides is 1. The van der Waals surface area contributed by atoms with Crippen LogP contribution < -0.4 is 10.1 Å². The van der Waals surface area contributed by atoms with Gasteiger partial charge in [0, 0.05) is 19.3 Å². The van der Waals surface area contributed by atoms with E-state index in [0.29, 0.717) is 24.0 Å². The van der Waals surface area contributed by atoms with Gasteiger partial charge in [0.25, 0.3) is 0 Å². The molecule has 140 valence electrons. The summed E-state index contributed by atoms with van der Waals surface area (Å²) in [6.45, 7) is 11.5. The van der Waals surface area contributed by atoms with Crippen molar-refractivity contribution in [3.8, 4) is 5.88 Å². The van der Waals surface area contributed by atoms with Crippen LogP contribution in [0.2, 0.25) is 5.02 Å². The van der Waals surface area contributed by atoms with E-state index >= 15 is 0 Å². The molecular formula is C18H28ClN3O3. The van der Waals surface area contributed by atoms with Crippen molar-refractivity contribution in [3.05, 3.63) is 22.8 Å². The molecule has 0 aromatic carbocycles. The summed E-state index contributed by atoms with van der Waals surface area (Å²) in [4.78, 5) is 18.5. The van der Waals surface area contributed by atoms with E-state index in [2.05, 4.69) is 10.3 Å². The molecule has 1 fully saturated rings. The minimum absolute atomic E-state index is 0.00881. The average molecular weight is 370 g/mol. The van der Waals surface area contributed by atoms with Crippen LogP contribution in [0.3, 0.4) is 0 Å². The SMILES string of the molecule is CC(C)Oc1ncc(C2CN(C(=O)OC(C)(C)C)CCCN2)cc1Cl. The lowest BCUT2D eigenvalue weighted by atomic mass is 10.1. The van der Waals surface area contributed by atoms with Crippen molar-refractivity contribution in [2.75, 3.05) is 19.6 Å². The zero-order valence-corrected chi connectivity index (χ0v) is 16.4. The molecular weight excluding hydrogens is 342 g/mol. The molecule has 1 saturated heterocycles. The third kappa shape index (κ3) is 6.04. The summed E-state index contributed by atoms with van der Waals surface area (Å²) in [5.41, 5.74) is 0.420. The molecule has 1 aromatic heterocycles. The summed E-state index contributed by atoms with van der Waals surface area (Å²) >= 11 is 6.30. The molecule has 1 aliphatic rings. The fraction of sp³-hybridized carbons (Fsp3) is 0.667. The Morgan fingerprint density at radius 1 is 1.44 bits per heavy atom. The molecule has 0 saturated carbocycles. The zero-order valence-electron chi connectivity index (χ0n) is 15.6. The van der Waals surface area contributed by atoms with Gasteiger partial charge in [0.05, 0.1) is 12.1 Å². The highest BCUT2D eigenvalue weighted by Crippen LogP contribution is 2.27. The Morgan fingerprint density at radius 2 is 2.16 bits per heavy atom. The molecule has 0 bridgehead atoms. The summed E-state index contributed by atoms with van der Waals surface area (Å²) in [5, 5.41) is 3.92. The van der Waals surface area contributed by atoms with Crippen LogP contribution in [0.4, 0.5) is 4.79 Å². The molecule has 0 spiro atoms. The second-order valence-corrected chi connectivity index (χ2v) is 7.92. The highest BCUT2D eigenvalue weighted by molar-refractivity contribution is 6.31. The predicted octanol–water partition coefficient (Wildman–Crippen LogP) is 3.79. The first-order valence-corrected chi connectivity index (χ1v) is 9.07. The first-order chi connectivity index (χ1) is 11.7. The number of hydrogen-bond acceptors (Lipinski definition) is 5. The molecule has 7 heteroatoms. The van der Waals surface area contributed by atoms with Gasteiger partial charge < -0.3 is 19.7 Å². The maximum absolute atomic E-state index is 12.4. The molecule has 2 heterocycles. The molecule has 1 atom stereocenters.